The molecule has 0 bridgehead atoms. The first-order chi connectivity index (χ1) is 44.0. The van der Waals surface area contributed by atoms with Gasteiger partial charge in [0.15, 0.2) is 12.4 Å². The second-order valence-corrected chi connectivity index (χ2v) is 23.1. The van der Waals surface area contributed by atoms with Crippen molar-refractivity contribution < 1.29 is 119 Å². The van der Waals surface area contributed by atoms with Gasteiger partial charge in [0.1, 0.15) is 11.9 Å². The summed E-state index contributed by atoms with van der Waals surface area (Å²) in [5, 5.41) is 2.32. The number of aromatic nitrogens is 1. The number of rotatable bonds is 25. The number of benzene rings is 6. The van der Waals surface area contributed by atoms with Crippen molar-refractivity contribution in [2.75, 3.05) is 6.61 Å². The molecule has 1 heterocycles. The van der Waals surface area contributed by atoms with Crippen molar-refractivity contribution >= 4 is 44.6 Å². The van der Waals surface area contributed by atoms with Crippen LogP contribution in [0, 0.1) is 0 Å². The molecule has 0 spiro atoms. The van der Waals surface area contributed by atoms with Crippen LogP contribution in [0.5, 0.6) is 5.75 Å². The quantitative estimate of drug-likeness (QED) is 0.0188. The molecule has 0 saturated heterocycles. The number of hydrogen-bond donors (Lipinski definition) is 0. The molecule has 518 valence electrons. The van der Waals surface area contributed by atoms with E-state index in [1.54, 1.807) is 0 Å². The molecule has 0 saturated carbocycles. The predicted octanol–water partition coefficient (Wildman–Crippen LogP) is 20.9. The number of Topliss-reactive ketones (excluding diaryl/α,β-unsaturated/α-hetero) is 1. The summed E-state index contributed by atoms with van der Waals surface area (Å²) in [4.78, 5) is 12.7. The first-order valence-electron chi connectivity index (χ1n) is 30.0. The number of ether oxygens (including phenoxy) is 1. The third kappa shape index (κ3) is 21.5. The number of alkyl halides is 24. The van der Waals surface area contributed by atoms with Gasteiger partial charge < -0.3 is 4.74 Å². The van der Waals surface area contributed by atoms with Gasteiger partial charge in [-0.1, -0.05) is 170 Å². The molecule has 3 nitrogen and oxygen atoms in total. The van der Waals surface area contributed by atoms with Crippen LogP contribution >= 0.6 is 0 Å². The van der Waals surface area contributed by atoms with Crippen LogP contribution in [0.25, 0.3) is 10.8 Å². The summed E-state index contributed by atoms with van der Waals surface area (Å²) in [5.74, 6) is 0.954. The Morgan fingerprint density at radius 3 is 0.905 bits per heavy atom. The fourth-order valence-electron chi connectivity index (χ4n) is 11.2. The molecule has 0 N–H and O–H groups in total. The average molecular weight is 1380 g/mol. The number of halogens is 24. The Morgan fingerprint density at radius 1 is 0.347 bits per heavy atom. The SMILES string of the molecule is CCCCCCCCCCCCCCCCCCOc1ccc(C(=O)C[n+]2ccc3ccccc3c2)cc1.FC(F)(F)c1cc([B-](c2cc(C(F)(F)F)cc(C(F)(F)F)c2)(c2cc(C(F)(F)F)cc(C(F)(F)F)c2)c2cc(C(F)(F)F)cc(C(F)(F)F)c2)cc(C(F)(F)F)c1. The number of unbranched alkanes of at least 4 members (excludes halogenated alkanes) is 15. The Labute approximate surface area is 530 Å². The van der Waals surface area contributed by atoms with E-state index in [1.807, 2.05) is 53.4 Å². The molecule has 0 unspecified atom stereocenters. The minimum absolute atomic E-state index is 0.106. The molecule has 1 aromatic heterocycles. The highest BCUT2D eigenvalue weighted by molar-refractivity contribution is 7.20. The van der Waals surface area contributed by atoms with E-state index >= 15 is 0 Å². The Hall–Kier alpha value is -7.42. The van der Waals surface area contributed by atoms with E-state index < -0.39 is 195 Å². The molecule has 0 aliphatic heterocycles. The molecule has 7 aromatic rings. The molecule has 0 atom stereocenters. The molecule has 0 aliphatic rings. The average Bonchev–Trinajstić information content (AvgIpc) is 0.709. The zero-order valence-corrected chi connectivity index (χ0v) is 50.4. The minimum Gasteiger partial charge on any atom is -0.494 e. The van der Waals surface area contributed by atoms with Gasteiger partial charge in [-0.05, 0) is 66.4 Å². The maximum absolute atomic E-state index is 14.2. The van der Waals surface area contributed by atoms with Crippen LogP contribution in [0.3, 0.4) is 0 Å². The highest BCUT2D eigenvalue weighted by atomic mass is 19.4. The maximum atomic E-state index is 14.2. The van der Waals surface area contributed by atoms with Gasteiger partial charge in [0.2, 0.25) is 12.3 Å². The summed E-state index contributed by atoms with van der Waals surface area (Å²) >= 11 is 0. The van der Waals surface area contributed by atoms with Gasteiger partial charge in [0, 0.05) is 17.0 Å². The molecular formula is C67H62BF24NO2. The van der Waals surface area contributed by atoms with Crippen molar-refractivity contribution in [1.29, 1.82) is 0 Å². The van der Waals surface area contributed by atoms with E-state index in [0.717, 1.165) is 29.7 Å². The van der Waals surface area contributed by atoms with Gasteiger partial charge >= 0.3 is 49.4 Å². The summed E-state index contributed by atoms with van der Waals surface area (Å²) < 4.78 is 349. The number of fused-ring (bicyclic) bond motifs is 1. The summed E-state index contributed by atoms with van der Waals surface area (Å²) in [6.45, 7) is 3.37. The second kappa shape index (κ2) is 31.2. The van der Waals surface area contributed by atoms with Gasteiger partial charge in [0.25, 0.3) is 0 Å². The number of carbonyl (C=O) groups excluding carboxylic acids is 1. The summed E-state index contributed by atoms with van der Waals surface area (Å²) in [7, 11) is 0. The van der Waals surface area contributed by atoms with Gasteiger partial charge in [-0.3, -0.25) is 4.79 Å². The zero-order valence-electron chi connectivity index (χ0n) is 50.4. The highest BCUT2D eigenvalue weighted by Crippen LogP contribution is 2.42. The Morgan fingerprint density at radius 2 is 0.621 bits per heavy atom. The van der Waals surface area contributed by atoms with Crippen LogP contribution in [-0.2, 0) is 56.0 Å². The molecule has 0 fully saturated rings. The normalized spacial score (nSPS) is 13.1. The first kappa shape index (κ1) is 76.6. The number of ketones is 1. The van der Waals surface area contributed by atoms with Crippen LogP contribution in [0.4, 0.5) is 105 Å². The van der Waals surface area contributed by atoms with Crippen molar-refractivity contribution in [3.63, 3.8) is 0 Å². The predicted molar refractivity (Wildman–Crippen MR) is 310 cm³/mol. The van der Waals surface area contributed by atoms with Crippen LogP contribution in [0.2, 0.25) is 0 Å². The minimum atomic E-state index is -6.13. The standard InChI is InChI=1S/C35H50NO2.C32H12BF24/c1-2-3-4-5-6-7-8-9-10-11-12-13-14-15-16-19-28-38-34-24-22-32(23-25-34)35(37)30-36-27-26-31-20-17-18-21-33(31)29-36;34-25(35,36)13-1-14(26(37,38)39)6-21(5-13)33(22-7-15(27(40,41)42)2-16(8-22)28(43,44)45,23-9-17(29(46,47)48)3-18(10-23)30(49,50)51)24-11-19(31(52,53)54)4-20(12-24)32(55,56)57/h17-18,20-27,29H,2-16,19,28,30H2,1H3;1-12H/q+1;-1. The molecule has 95 heavy (non-hydrogen) atoms. The monoisotopic (exact) mass is 1380 g/mol. The van der Waals surface area contributed by atoms with E-state index in [0.29, 0.717) is 6.54 Å². The third-order valence-electron chi connectivity index (χ3n) is 16.0. The Kier molecular flexibility index (Phi) is 25.2. The topological polar surface area (TPSA) is 30.2 Å². The van der Waals surface area contributed by atoms with Crippen molar-refractivity contribution in [3.8, 4) is 5.75 Å². The zero-order chi connectivity index (χ0) is 70.6. The Balaban J connectivity index is 0.000000326. The van der Waals surface area contributed by atoms with Crippen LogP contribution in [0.15, 0.2) is 140 Å². The lowest BCUT2D eigenvalue weighted by Crippen LogP contribution is -2.75. The summed E-state index contributed by atoms with van der Waals surface area (Å²) in [5.41, 5.74) is -29.5. The molecule has 28 heteroatoms. The summed E-state index contributed by atoms with van der Waals surface area (Å²) in [6, 6.07) is 9.06. The van der Waals surface area contributed by atoms with Crippen molar-refractivity contribution in [2.24, 2.45) is 0 Å². The van der Waals surface area contributed by atoms with Gasteiger partial charge in [-0.2, -0.15) is 132 Å². The van der Waals surface area contributed by atoms with Crippen molar-refractivity contribution in [1.82, 2.24) is 0 Å². The van der Waals surface area contributed by atoms with Crippen LogP contribution in [-0.4, -0.2) is 18.5 Å². The third-order valence-corrected chi connectivity index (χ3v) is 16.0. The van der Waals surface area contributed by atoms with E-state index in [2.05, 4.69) is 25.1 Å². The first-order valence-corrected chi connectivity index (χ1v) is 30.0. The van der Waals surface area contributed by atoms with E-state index in [1.165, 1.54) is 102 Å². The molecular weight excluding hydrogens is 1320 g/mol. The number of pyridine rings is 1. The molecule has 0 radical (unpaired) electrons. The molecule has 0 amide bonds. The smallest absolute Gasteiger partial charge is 0.416 e. The van der Waals surface area contributed by atoms with Crippen LogP contribution in [0.1, 0.15) is 165 Å². The molecule has 7 rings (SSSR count). The fourth-order valence-corrected chi connectivity index (χ4v) is 11.2. The lowest BCUT2D eigenvalue weighted by Gasteiger charge is -2.46. The largest absolute Gasteiger partial charge is 0.494 e. The lowest BCUT2D eigenvalue weighted by atomic mass is 9.12. The highest BCUT2D eigenvalue weighted by Gasteiger charge is 2.47. The molecule has 6 aromatic carbocycles. The van der Waals surface area contributed by atoms with Crippen LogP contribution < -0.4 is 31.2 Å². The number of nitrogens with zero attached hydrogens (tertiary/aromatic N) is 1. The van der Waals surface area contributed by atoms with Crippen molar-refractivity contribution in [2.45, 2.75) is 166 Å². The van der Waals surface area contributed by atoms with Gasteiger partial charge in [0.05, 0.1) is 51.1 Å². The summed E-state index contributed by atoms with van der Waals surface area (Å²) in [6.07, 6.45) is -28.8. The Bertz CT molecular complexity index is 3210. The lowest BCUT2D eigenvalue weighted by molar-refractivity contribution is -0.681. The fraction of sp³-hybridized carbons (Fsp3) is 0.403. The second-order valence-electron chi connectivity index (χ2n) is 23.1. The van der Waals surface area contributed by atoms with Crippen molar-refractivity contribution in [3.05, 3.63) is 190 Å². The maximum Gasteiger partial charge on any atom is 0.416 e. The van der Waals surface area contributed by atoms with E-state index in [4.69, 9.17) is 4.74 Å². The number of hydrogen-bond acceptors (Lipinski definition) is 2. The number of carbonyl (C=O) groups is 1. The van der Waals surface area contributed by atoms with E-state index in [-0.39, 0.29) is 5.78 Å². The van der Waals surface area contributed by atoms with E-state index in [9.17, 15) is 110 Å². The van der Waals surface area contributed by atoms with Gasteiger partial charge in [-0.25, -0.2) is 0 Å². The molecule has 0 aliphatic carbocycles. The van der Waals surface area contributed by atoms with Gasteiger partial charge in [-0.15, -0.1) is 0 Å².